The van der Waals surface area contributed by atoms with Gasteiger partial charge in [0.25, 0.3) is 0 Å². The number of sulfone groups is 1. The Labute approximate surface area is 169 Å². The van der Waals surface area contributed by atoms with Crippen LogP contribution in [0, 0.1) is 0 Å². The van der Waals surface area contributed by atoms with E-state index in [9.17, 15) is 21.6 Å². The highest BCUT2D eigenvalue weighted by Gasteiger charge is 2.29. The molecule has 2 aromatic rings. The summed E-state index contributed by atoms with van der Waals surface area (Å²) in [6, 6.07) is 12.4. The Kier molecular flexibility index (Phi) is 7.66. The molecule has 0 heterocycles. The van der Waals surface area contributed by atoms with E-state index in [-0.39, 0.29) is 5.75 Å². The van der Waals surface area contributed by atoms with E-state index >= 15 is 0 Å². The van der Waals surface area contributed by atoms with Gasteiger partial charge in [-0.3, -0.25) is 4.99 Å². The minimum Gasteiger partial charge on any atom is -0.356 e. The lowest BCUT2D eigenvalue weighted by atomic mass is 10.1. The summed E-state index contributed by atoms with van der Waals surface area (Å²) >= 11 is 0. The van der Waals surface area contributed by atoms with Crippen molar-refractivity contribution >= 4 is 15.8 Å². The van der Waals surface area contributed by atoms with E-state index < -0.39 is 21.6 Å². The van der Waals surface area contributed by atoms with E-state index in [0.717, 1.165) is 28.8 Å². The predicted octanol–water partition coefficient (Wildman–Crippen LogP) is 3.16. The van der Waals surface area contributed by atoms with Crippen LogP contribution < -0.4 is 10.6 Å². The summed E-state index contributed by atoms with van der Waals surface area (Å²) in [6.07, 6.45) is -2.58. The van der Waals surface area contributed by atoms with E-state index in [1.54, 1.807) is 19.2 Å². The highest BCUT2D eigenvalue weighted by Crippen LogP contribution is 2.29. The number of guanidine groups is 1. The molecule has 0 aliphatic rings. The van der Waals surface area contributed by atoms with Gasteiger partial charge in [0.15, 0.2) is 15.8 Å². The first kappa shape index (κ1) is 22.7. The van der Waals surface area contributed by atoms with Crippen LogP contribution in [0.1, 0.15) is 22.3 Å². The van der Waals surface area contributed by atoms with Gasteiger partial charge in [0.2, 0.25) is 0 Å². The van der Waals surface area contributed by atoms with Gasteiger partial charge in [-0.25, -0.2) is 8.42 Å². The summed E-state index contributed by atoms with van der Waals surface area (Å²) in [5, 5.41) is 6.25. The molecule has 0 fully saturated rings. The van der Waals surface area contributed by atoms with E-state index in [0.29, 0.717) is 25.5 Å². The molecule has 9 heteroatoms. The third kappa shape index (κ3) is 8.15. The number of rotatable bonds is 7. The number of hydrogen-bond acceptors (Lipinski definition) is 3. The van der Waals surface area contributed by atoms with Crippen molar-refractivity contribution < 1.29 is 21.6 Å². The minimum absolute atomic E-state index is 0.00782. The fraction of sp³-hybridized carbons (Fsp3) is 0.350. The lowest BCUT2D eigenvalue weighted by molar-refractivity contribution is -0.137. The van der Waals surface area contributed by atoms with Crippen LogP contribution in [0.15, 0.2) is 53.5 Å². The van der Waals surface area contributed by atoms with Gasteiger partial charge in [0.05, 0.1) is 11.3 Å². The number of benzene rings is 2. The molecule has 2 aromatic carbocycles. The van der Waals surface area contributed by atoms with Crippen molar-refractivity contribution in [2.75, 3.05) is 19.8 Å². The molecular formula is C20H24F3N3O2S. The van der Waals surface area contributed by atoms with Crippen LogP contribution in [0.25, 0.3) is 0 Å². The molecule has 158 valence electrons. The Hall–Kier alpha value is -2.55. The summed E-state index contributed by atoms with van der Waals surface area (Å²) in [4.78, 5) is 4.11. The molecule has 0 bridgehead atoms. The van der Waals surface area contributed by atoms with Crippen LogP contribution in [-0.4, -0.2) is 34.2 Å². The van der Waals surface area contributed by atoms with Crippen LogP contribution in [0.4, 0.5) is 13.2 Å². The normalized spacial score (nSPS) is 12.7. The Morgan fingerprint density at radius 1 is 0.931 bits per heavy atom. The van der Waals surface area contributed by atoms with Crippen molar-refractivity contribution in [1.29, 1.82) is 0 Å². The molecule has 0 aromatic heterocycles. The minimum atomic E-state index is -4.33. The van der Waals surface area contributed by atoms with E-state index in [1.807, 2.05) is 12.1 Å². The second-order valence-corrected chi connectivity index (χ2v) is 8.82. The molecule has 0 unspecified atom stereocenters. The number of nitrogens with one attached hydrogen (secondary N) is 2. The van der Waals surface area contributed by atoms with E-state index in [1.165, 1.54) is 18.4 Å². The molecule has 0 saturated heterocycles. The van der Waals surface area contributed by atoms with Crippen molar-refractivity contribution in [3.8, 4) is 0 Å². The highest BCUT2D eigenvalue weighted by atomic mass is 32.2. The molecule has 5 nitrogen and oxygen atoms in total. The summed E-state index contributed by atoms with van der Waals surface area (Å²) in [5.41, 5.74) is 1.83. The monoisotopic (exact) mass is 427 g/mol. The largest absolute Gasteiger partial charge is 0.416 e. The highest BCUT2D eigenvalue weighted by molar-refractivity contribution is 7.89. The fourth-order valence-corrected chi connectivity index (χ4v) is 3.45. The van der Waals surface area contributed by atoms with Crippen LogP contribution in [0.2, 0.25) is 0 Å². The number of hydrogen-bond donors (Lipinski definition) is 2. The van der Waals surface area contributed by atoms with Gasteiger partial charge in [0, 0.05) is 26.4 Å². The average Bonchev–Trinajstić information content (AvgIpc) is 2.64. The molecule has 0 aliphatic heterocycles. The zero-order chi connectivity index (χ0) is 21.5. The summed E-state index contributed by atoms with van der Waals surface area (Å²) in [5.74, 6) is 0.575. The van der Waals surface area contributed by atoms with Gasteiger partial charge in [0.1, 0.15) is 0 Å². The van der Waals surface area contributed by atoms with Gasteiger partial charge >= 0.3 is 6.18 Å². The predicted molar refractivity (Wildman–Crippen MR) is 108 cm³/mol. The van der Waals surface area contributed by atoms with Crippen molar-refractivity contribution in [2.45, 2.75) is 24.9 Å². The smallest absolute Gasteiger partial charge is 0.356 e. The molecule has 0 saturated carbocycles. The molecule has 0 radical (unpaired) electrons. The number of nitrogens with zero attached hydrogens (tertiary/aromatic N) is 1. The van der Waals surface area contributed by atoms with Crippen molar-refractivity contribution in [3.63, 3.8) is 0 Å². The summed E-state index contributed by atoms with van der Waals surface area (Å²) in [7, 11) is -1.44. The molecule has 29 heavy (non-hydrogen) atoms. The zero-order valence-corrected chi connectivity index (χ0v) is 17.1. The molecule has 2 rings (SSSR count). The van der Waals surface area contributed by atoms with Crippen LogP contribution in [-0.2, 0) is 34.7 Å². The first-order valence-corrected chi connectivity index (χ1v) is 11.0. The SMILES string of the molecule is CN=C(NCCc1ccc(C(F)(F)F)cc1)NCc1ccc(CS(C)(=O)=O)cc1. The Morgan fingerprint density at radius 2 is 1.48 bits per heavy atom. The third-order valence-electron chi connectivity index (χ3n) is 4.12. The number of alkyl halides is 3. The summed E-state index contributed by atoms with van der Waals surface area (Å²) in [6.45, 7) is 1.01. The molecular weight excluding hydrogens is 403 g/mol. The maximum Gasteiger partial charge on any atom is 0.416 e. The second-order valence-electron chi connectivity index (χ2n) is 6.68. The van der Waals surface area contributed by atoms with E-state index in [4.69, 9.17) is 0 Å². The number of halogens is 3. The molecule has 0 aliphatic carbocycles. The van der Waals surface area contributed by atoms with Crippen molar-refractivity contribution in [3.05, 3.63) is 70.8 Å². The van der Waals surface area contributed by atoms with Gasteiger partial charge < -0.3 is 10.6 Å². The molecule has 0 amide bonds. The van der Waals surface area contributed by atoms with Crippen LogP contribution in [0.5, 0.6) is 0 Å². The second kappa shape index (κ2) is 9.78. The van der Waals surface area contributed by atoms with Gasteiger partial charge in [-0.2, -0.15) is 13.2 Å². The van der Waals surface area contributed by atoms with Crippen molar-refractivity contribution in [2.24, 2.45) is 4.99 Å². The average molecular weight is 427 g/mol. The number of aliphatic imine (C=N–C) groups is 1. The quantitative estimate of drug-likeness (QED) is 0.526. The zero-order valence-electron chi connectivity index (χ0n) is 16.3. The first-order chi connectivity index (χ1) is 13.6. The van der Waals surface area contributed by atoms with E-state index in [2.05, 4.69) is 15.6 Å². The molecule has 2 N–H and O–H groups in total. The lowest BCUT2D eigenvalue weighted by Crippen LogP contribution is -2.37. The van der Waals surface area contributed by atoms with Gasteiger partial charge in [-0.05, 0) is 35.2 Å². The first-order valence-electron chi connectivity index (χ1n) is 8.93. The molecule has 0 spiro atoms. The van der Waals surface area contributed by atoms with Gasteiger partial charge in [-0.15, -0.1) is 0 Å². The lowest BCUT2D eigenvalue weighted by Gasteiger charge is -2.13. The Morgan fingerprint density at radius 3 is 2.00 bits per heavy atom. The fourth-order valence-electron chi connectivity index (χ4n) is 2.65. The topological polar surface area (TPSA) is 70.6 Å². The maximum atomic E-state index is 12.6. The van der Waals surface area contributed by atoms with Crippen LogP contribution >= 0.6 is 0 Å². The summed E-state index contributed by atoms with van der Waals surface area (Å²) < 4.78 is 60.4. The van der Waals surface area contributed by atoms with Crippen molar-refractivity contribution in [1.82, 2.24) is 10.6 Å². The Balaban J connectivity index is 1.79. The Bertz CT molecular complexity index is 923. The third-order valence-corrected chi connectivity index (χ3v) is 4.98. The standard InChI is InChI=1S/C20H24F3N3O2S/c1-24-19(25-12-11-15-7-9-18(10-8-15)20(21,22)23)26-13-16-3-5-17(6-4-16)14-29(2,27)28/h3-10H,11-14H2,1-2H3,(H2,24,25,26). The maximum absolute atomic E-state index is 12.6. The van der Waals surface area contributed by atoms with Crippen LogP contribution in [0.3, 0.4) is 0 Å². The molecule has 0 atom stereocenters. The van der Waals surface area contributed by atoms with Gasteiger partial charge in [-0.1, -0.05) is 36.4 Å².